The quantitative estimate of drug-likeness (QED) is 0.405. The maximum Gasteiger partial charge on any atom is 0.293 e. The number of nitrogens with zero attached hydrogens (tertiary/aromatic N) is 1. The van der Waals surface area contributed by atoms with E-state index in [1.54, 1.807) is 6.07 Å². The van der Waals surface area contributed by atoms with Crippen molar-refractivity contribution < 1.29 is 9.53 Å². The second kappa shape index (κ2) is 5.06. The molecule has 0 aliphatic carbocycles. The van der Waals surface area contributed by atoms with Gasteiger partial charge in [-0.05, 0) is 0 Å². The predicted molar refractivity (Wildman–Crippen MR) is 30.2 cm³/mol. The minimum atomic E-state index is -0.523. The molecule has 0 rings (SSSR count). The van der Waals surface area contributed by atoms with Crippen LogP contribution in [0.5, 0.6) is 0 Å². The number of nitriles is 1. The molecular formula is C5H8N2O2. The summed E-state index contributed by atoms with van der Waals surface area (Å²) in [6.45, 7) is 0.558. The lowest BCUT2D eigenvalue weighted by atomic mass is 10.3. The van der Waals surface area contributed by atoms with Gasteiger partial charge in [-0.25, -0.2) is 0 Å². The fraction of sp³-hybridized carbons (Fsp3) is 0.600. The van der Waals surface area contributed by atoms with Gasteiger partial charge in [0.2, 0.25) is 0 Å². The minimum absolute atomic E-state index is 0.220. The maximum absolute atomic E-state index is 9.53. The van der Waals surface area contributed by atoms with Gasteiger partial charge in [0, 0.05) is 6.42 Å². The predicted octanol–water partition coefficient (Wildman–Crippen LogP) is -0.600. The molecule has 2 N–H and O–H groups in total. The molecule has 1 atom stereocenters. The highest BCUT2D eigenvalue weighted by Crippen LogP contribution is 1.84. The number of nitrogens with two attached hydrogens (primary N) is 1. The molecule has 0 bridgehead atoms. The highest BCUT2D eigenvalue weighted by molar-refractivity contribution is 5.36. The molecule has 50 valence electrons. The highest BCUT2D eigenvalue weighted by Gasteiger charge is 1.97. The van der Waals surface area contributed by atoms with Gasteiger partial charge in [-0.15, -0.1) is 0 Å². The first-order valence-corrected chi connectivity index (χ1v) is 2.51. The first-order valence-electron chi connectivity index (χ1n) is 2.51. The Morgan fingerprint density at radius 3 is 3.00 bits per heavy atom. The number of carbonyl (C=O) groups excluding carboxylic acids is 1. The molecule has 1 unspecified atom stereocenters. The molecule has 0 radical (unpaired) electrons. The van der Waals surface area contributed by atoms with Crippen molar-refractivity contribution in [2.24, 2.45) is 5.73 Å². The third-order valence-electron chi connectivity index (χ3n) is 0.781. The van der Waals surface area contributed by atoms with E-state index < -0.39 is 6.04 Å². The Kier molecular flexibility index (Phi) is 4.46. The van der Waals surface area contributed by atoms with E-state index in [1.807, 2.05) is 0 Å². The molecule has 0 spiro atoms. The Balaban J connectivity index is 3.08. The highest BCUT2D eigenvalue weighted by atomic mass is 16.5. The summed E-state index contributed by atoms with van der Waals surface area (Å²) < 4.78 is 4.29. The topological polar surface area (TPSA) is 76.1 Å². The zero-order valence-electron chi connectivity index (χ0n) is 4.91. The van der Waals surface area contributed by atoms with E-state index in [9.17, 15) is 4.79 Å². The van der Waals surface area contributed by atoms with E-state index in [4.69, 9.17) is 11.0 Å². The van der Waals surface area contributed by atoms with Crippen LogP contribution in [0.3, 0.4) is 0 Å². The van der Waals surface area contributed by atoms with Crippen molar-refractivity contribution in [3.05, 3.63) is 0 Å². The third kappa shape index (κ3) is 4.78. The van der Waals surface area contributed by atoms with Gasteiger partial charge in [-0.3, -0.25) is 4.79 Å². The van der Waals surface area contributed by atoms with E-state index in [0.29, 0.717) is 12.9 Å². The Hall–Kier alpha value is -1.08. The van der Waals surface area contributed by atoms with E-state index in [1.165, 1.54) is 0 Å². The lowest BCUT2D eigenvalue weighted by Gasteiger charge is -1.98. The number of ether oxygens (including phenoxy) is 1. The fourth-order valence-electron chi connectivity index (χ4n) is 0.308. The largest absolute Gasteiger partial charge is 0.468 e. The smallest absolute Gasteiger partial charge is 0.293 e. The molecule has 4 nitrogen and oxygen atoms in total. The average molecular weight is 128 g/mol. The summed E-state index contributed by atoms with van der Waals surface area (Å²) in [5, 5.41) is 8.12. The molecule has 0 aliphatic rings. The minimum Gasteiger partial charge on any atom is -0.468 e. The molecule has 0 heterocycles. The first-order chi connectivity index (χ1) is 4.31. The first kappa shape index (κ1) is 7.92. The van der Waals surface area contributed by atoms with Crippen LogP contribution < -0.4 is 5.73 Å². The summed E-state index contributed by atoms with van der Waals surface area (Å²) in [5.74, 6) is 0. The van der Waals surface area contributed by atoms with Crippen molar-refractivity contribution in [2.45, 2.75) is 12.5 Å². The SMILES string of the molecule is N#CC(N)CCOC=O. The lowest BCUT2D eigenvalue weighted by Crippen LogP contribution is -2.19. The third-order valence-corrected chi connectivity index (χ3v) is 0.781. The second-order valence-corrected chi connectivity index (χ2v) is 1.49. The van der Waals surface area contributed by atoms with Gasteiger partial charge in [0.15, 0.2) is 0 Å². The molecule has 0 aromatic heterocycles. The molecule has 0 aromatic carbocycles. The molecule has 0 aromatic rings. The zero-order valence-corrected chi connectivity index (χ0v) is 4.91. The van der Waals surface area contributed by atoms with Gasteiger partial charge in [0.05, 0.1) is 18.7 Å². The molecule has 0 fully saturated rings. The van der Waals surface area contributed by atoms with Crippen molar-refractivity contribution in [2.75, 3.05) is 6.61 Å². The van der Waals surface area contributed by atoms with Crippen molar-refractivity contribution in [3.63, 3.8) is 0 Å². The number of hydrogen-bond donors (Lipinski definition) is 1. The van der Waals surface area contributed by atoms with Crippen molar-refractivity contribution >= 4 is 6.47 Å². The Labute approximate surface area is 53.2 Å². The van der Waals surface area contributed by atoms with Gasteiger partial charge >= 0.3 is 0 Å². The standard InChI is InChI=1S/C5H8N2O2/c6-3-5(7)1-2-9-4-8/h4-5H,1-2,7H2. The number of rotatable bonds is 4. The molecular weight excluding hydrogens is 120 g/mol. The van der Waals surface area contributed by atoms with Crippen LogP contribution in [0.15, 0.2) is 0 Å². The van der Waals surface area contributed by atoms with Crippen LogP contribution in [0, 0.1) is 11.3 Å². The van der Waals surface area contributed by atoms with E-state index in [-0.39, 0.29) is 6.61 Å². The van der Waals surface area contributed by atoms with Gasteiger partial charge in [0.1, 0.15) is 0 Å². The van der Waals surface area contributed by atoms with Crippen LogP contribution >= 0.6 is 0 Å². The van der Waals surface area contributed by atoms with Gasteiger partial charge in [0.25, 0.3) is 6.47 Å². The molecule has 0 saturated heterocycles. The van der Waals surface area contributed by atoms with Crippen molar-refractivity contribution in [3.8, 4) is 6.07 Å². The Bertz CT molecular complexity index is 119. The van der Waals surface area contributed by atoms with Gasteiger partial charge < -0.3 is 10.5 Å². The monoisotopic (exact) mass is 128 g/mol. The summed E-state index contributed by atoms with van der Waals surface area (Å²) in [6, 6.07) is 1.28. The molecule has 0 saturated carbocycles. The summed E-state index contributed by atoms with van der Waals surface area (Å²) in [5.41, 5.74) is 5.16. The van der Waals surface area contributed by atoms with Crippen LogP contribution in [0.1, 0.15) is 6.42 Å². The van der Waals surface area contributed by atoms with Crippen LogP contribution in [0.4, 0.5) is 0 Å². The number of hydrogen-bond acceptors (Lipinski definition) is 4. The summed E-state index contributed by atoms with van der Waals surface area (Å²) in [6.07, 6.45) is 0.398. The zero-order chi connectivity index (χ0) is 7.11. The Morgan fingerprint density at radius 1 is 1.89 bits per heavy atom. The molecule has 0 amide bonds. The van der Waals surface area contributed by atoms with Crippen LogP contribution in [-0.2, 0) is 9.53 Å². The van der Waals surface area contributed by atoms with Crippen molar-refractivity contribution in [1.82, 2.24) is 0 Å². The van der Waals surface area contributed by atoms with E-state index in [0.717, 1.165) is 0 Å². The Morgan fingerprint density at radius 2 is 2.56 bits per heavy atom. The van der Waals surface area contributed by atoms with Crippen LogP contribution in [-0.4, -0.2) is 19.1 Å². The van der Waals surface area contributed by atoms with Gasteiger partial charge in [-0.2, -0.15) is 5.26 Å². The number of carbonyl (C=O) groups is 1. The summed E-state index contributed by atoms with van der Waals surface area (Å²) in [7, 11) is 0. The van der Waals surface area contributed by atoms with E-state index >= 15 is 0 Å². The maximum atomic E-state index is 9.53. The fourth-order valence-corrected chi connectivity index (χ4v) is 0.308. The average Bonchev–Trinajstić information content (AvgIpc) is 1.89. The van der Waals surface area contributed by atoms with E-state index in [2.05, 4.69) is 4.74 Å². The second-order valence-electron chi connectivity index (χ2n) is 1.49. The molecule has 9 heavy (non-hydrogen) atoms. The molecule has 4 heteroatoms. The van der Waals surface area contributed by atoms with Crippen LogP contribution in [0.2, 0.25) is 0 Å². The summed E-state index contributed by atoms with van der Waals surface area (Å²) >= 11 is 0. The normalized spacial score (nSPS) is 11.6. The summed E-state index contributed by atoms with van der Waals surface area (Å²) in [4.78, 5) is 9.53. The van der Waals surface area contributed by atoms with Crippen molar-refractivity contribution in [1.29, 1.82) is 5.26 Å². The van der Waals surface area contributed by atoms with Gasteiger partial charge in [-0.1, -0.05) is 0 Å². The molecule has 0 aliphatic heterocycles. The lowest BCUT2D eigenvalue weighted by molar-refractivity contribution is -0.128. The van der Waals surface area contributed by atoms with Crippen LogP contribution in [0.25, 0.3) is 0 Å².